The van der Waals surface area contributed by atoms with Crippen molar-refractivity contribution in [3.63, 3.8) is 0 Å². The lowest BCUT2D eigenvalue weighted by atomic mass is 10.1. The number of rotatable bonds is 11. The van der Waals surface area contributed by atoms with E-state index in [0.29, 0.717) is 12.3 Å². The Bertz CT molecular complexity index is 1210. The lowest BCUT2D eigenvalue weighted by Crippen LogP contribution is -2.25. The van der Waals surface area contributed by atoms with Crippen LogP contribution in [0.5, 0.6) is 5.75 Å². The molecular weight excluding hydrogens is 445 g/mol. The molecule has 0 aliphatic carbocycles. The average molecular weight is 474 g/mol. The molecule has 6 nitrogen and oxygen atoms in total. The van der Waals surface area contributed by atoms with E-state index < -0.39 is 0 Å². The predicted molar refractivity (Wildman–Crippen MR) is 131 cm³/mol. The van der Waals surface area contributed by atoms with E-state index in [4.69, 9.17) is 9.26 Å². The SMILES string of the molecule is COc1ccc(CCN(Cc2ccccc2)Cc2cc(C(=O)NCc3ccc(F)cc3)no2)cc1. The van der Waals surface area contributed by atoms with Gasteiger partial charge in [-0.25, -0.2) is 4.39 Å². The van der Waals surface area contributed by atoms with Crippen LogP contribution in [0.3, 0.4) is 0 Å². The van der Waals surface area contributed by atoms with E-state index in [1.54, 1.807) is 25.3 Å². The minimum Gasteiger partial charge on any atom is -0.497 e. The standard InChI is InChI=1S/C28H28FN3O3/c1-34-25-13-9-21(10-14-25)15-16-32(19-23-5-3-2-4-6-23)20-26-17-27(31-35-26)28(33)30-18-22-7-11-24(29)12-8-22/h2-14,17H,15-16,18-20H2,1H3,(H,30,33). The first kappa shape index (κ1) is 24.2. The number of methoxy groups -OCH3 is 1. The molecule has 4 rings (SSSR count). The van der Waals surface area contributed by atoms with Gasteiger partial charge in [0.1, 0.15) is 11.6 Å². The molecule has 0 aliphatic rings. The molecule has 1 heterocycles. The van der Waals surface area contributed by atoms with Gasteiger partial charge in [-0.1, -0.05) is 59.8 Å². The van der Waals surface area contributed by atoms with Crippen molar-refractivity contribution in [2.24, 2.45) is 0 Å². The lowest BCUT2D eigenvalue weighted by Gasteiger charge is -2.21. The van der Waals surface area contributed by atoms with Crippen molar-refractivity contribution in [2.45, 2.75) is 26.1 Å². The number of hydrogen-bond donors (Lipinski definition) is 1. The number of halogens is 1. The number of hydrogen-bond acceptors (Lipinski definition) is 5. The summed E-state index contributed by atoms with van der Waals surface area (Å²) in [5.74, 6) is 0.801. The van der Waals surface area contributed by atoms with Crippen LogP contribution in [0, 0.1) is 5.82 Å². The van der Waals surface area contributed by atoms with Gasteiger partial charge in [-0.05, 0) is 47.4 Å². The summed E-state index contributed by atoms with van der Waals surface area (Å²) in [6.45, 7) is 2.34. The number of nitrogens with zero attached hydrogens (tertiary/aromatic N) is 2. The molecule has 0 bridgehead atoms. The van der Waals surface area contributed by atoms with Crippen molar-refractivity contribution < 1.29 is 18.4 Å². The Balaban J connectivity index is 1.38. The van der Waals surface area contributed by atoms with E-state index in [1.807, 2.05) is 30.3 Å². The fourth-order valence-electron chi connectivity index (χ4n) is 3.73. The highest BCUT2D eigenvalue weighted by atomic mass is 19.1. The third-order valence-corrected chi connectivity index (χ3v) is 5.66. The summed E-state index contributed by atoms with van der Waals surface area (Å²) in [7, 11) is 1.66. The molecule has 4 aromatic rings. The van der Waals surface area contributed by atoms with Gasteiger partial charge in [0.25, 0.3) is 5.91 Å². The number of amides is 1. The van der Waals surface area contributed by atoms with E-state index >= 15 is 0 Å². The number of carbonyl (C=O) groups excluding carboxylic acids is 1. The molecule has 1 aromatic heterocycles. The molecule has 180 valence electrons. The minimum atomic E-state index is -0.336. The van der Waals surface area contributed by atoms with Gasteiger partial charge in [0.15, 0.2) is 11.5 Å². The maximum atomic E-state index is 13.1. The second-order valence-corrected chi connectivity index (χ2v) is 8.28. The Labute approximate surface area is 204 Å². The number of nitrogens with one attached hydrogen (secondary N) is 1. The fraction of sp³-hybridized carbons (Fsp3) is 0.214. The first-order valence-corrected chi connectivity index (χ1v) is 11.5. The van der Waals surface area contributed by atoms with Gasteiger partial charge in [0.05, 0.1) is 13.7 Å². The average Bonchev–Trinajstić information content (AvgIpc) is 3.36. The van der Waals surface area contributed by atoms with Crippen molar-refractivity contribution in [2.75, 3.05) is 13.7 Å². The summed E-state index contributed by atoms with van der Waals surface area (Å²) in [6.07, 6.45) is 0.857. The second kappa shape index (κ2) is 11.9. The van der Waals surface area contributed by atoms with Gasteiger partial charge in [0, 0.05) is 25.7 Å². The van der Waals surface area contributed by atoms with Crippen molar-refractivity contribution >= 4 is 5.91 Å². The van der Waals surface area contributed by atoms with E-state index in [9.17, 15) is 9.18 Å². The summed E-state index contributed by atoms with van der Waals surface area (Å²) in [4.78, 5) is 14.8. The molecule has 0 radical (unpaired) electrons. The molecule has 35 heavy (non-hydrogen) atoms. The molecule has 0 unspecified atom stereocenters. The molecule has 1 amide bonds. The highest BCUT2D eigenvalue weighted by Crippen LogP contribution is 2.15. The van der Waals surface area contributed by atoms with Crippen molar-refractivity contribution in [3.8, 4) is 5.75 Å². The third kappa shape index (κ3) is 7.25. The topological polar surface area (TPSA) is 67.6 Å². The normalized spacial score (nSPS) is 10.9. The number of aromatic nitrogens is 1. The van der Waals surface area contributed by atoms with Gasteiger partial charge >= 0.3 is 0 Å². The number of benzene rings is 3. The smallest absolute Gasteiger partial charge is 0.273 e. The first-order chi connectivity index (χ1) is 17.1. The highest BCUT2D eigenvalue weighted by Gasteiger charge is 2.16. The molecule has 7 heteroatoms. The maximum Gasteiger partial charge on any atom is 0.273 e. The zero-order valence-corrected chi connectivity index (χ0v) is 19.6. The molecule has 0 atom stereocenters. The number of ether oxygens (including phenoxy) is 1. The first-order valence-electron chi connectivity index (χ1n) is 11.5. The van der Waals surface area contributed by atoms with Crippen LogP contribution in [0.2, 0.25) is 0 Å². The van der Waals surface area contributed by atoms with Gasteiger partial charge in [-0.2, -0.15) is 0 Å². The van der Waals surface area contributed by atoms with Crippen LogP contribution < -0.4 is 10.1 Å². The summed E-state index contributed by atoms with van der Waals surface area (Å²) < 4.78 is 23.8. The maximum absolute atomic E-state index is 13.1. The zero-order valence-electron chi connectivity index (χ0n) is 19.6. The predicted octanol–water partition coefficient (Wildman–Crippen LogP) is 5.00. The monoisotopic (exact) mass is 473 g/mol. The molecule has 3 aromatic carbocycles. The fourth-order valence-corrected chi connectivity index (χ4v) is 3.73. The Morgan fingerprint density at radius 3 is 2.37 bits per heavy atom. The van der Waals surface area contributed by atoms with Gasteiger partial charge in [0.2, 0.25) is 0 Å². The Kier molecular flexibility index (Phi) is 8.25. The van der Waals surface area contributed by atoms with Gasteiger partial charge in [-0.3, -0.25) is 9.69 Å². The Morgan fingerprint density at radius 2 is 1.66 bits per heavy atom. The van der Waals surface area contributed by atoms with Crippen molar-refractivity contribution in [1.29, 1.82) is 0 Å². The molecule has 0 saturated heterocycles. The molecule has 1 N–H and O–H groups in total. The van der Waals surface area contributed by atoms with E-state index in [-0.39, 0.29) is 24.0 Å². The van der Waals surface area contributed by atoms with E-state index in [2.05, 4.69) is 39.6 Å². The van der Waals surface area contributed by atoms with E-state index in [1.165, 1.54) is 23.3 Å². The summed E-state index contributed by atoms with van der Waals surface area (Å²) in [5, 5.41) is 6.74. The quantitative estimate of drug-likeness (QED) is 0.332. The summed E-state index contributed by atoms with van der Waals surface area (Å²) in [6, 6.07) is 26.0. The van der Waals surface area contributed by atoms with Crippen LogP contribution in [0.4, 0.5) is 4.39 Å². The van der Waals surface area contributed by atoms with Crippen LogP contribution in [-0.4, -0.2) is 29.6 Å². The van der Waals surface area contributed by atoms with E-state index in [0.717, 1.165) is 30.8 Å². The summed E-state index contributed by atoms with van der Waals surface area (Å²) >= 11 is 0. The zero-order chi connectivity index (χ0) is 24.5. The van der Waals surface area contributed by atoms with Crippen LogP contribution in [0.1, 0.15) is 32.9 Å². The molecule has 0 saturated carbocycles. The highest BCUT2D eigenvalue weighted by molar-refractivity contribution is 5.92. The third-order valence-electron chi connectivity index (χ3n) is 5.66. The Hall–Kier alpha value is -3.97. The molecular formula is C28H28FN3O3. The van der Waals surface area contributed by atoms with Crippen molar-refractivity contribution in [1.82, 2.24) is 15.4 Å². The number of carbonyl (C=O) groups is 1. The van der Waals surface area contributed by atoms with Gasteiger partial charge < -0.3 is 14.6 Å². The Morgan fingerprint density at radius 1 is 0.943 bits per heavy atom. The molecule has 0 fully saturated rings. The molecule has 0 aliphatic heterocycles. The second-order valence-electron chi connectivity index (χ2n) is 8.28. The summed E-state index contributed by atoms with van der Waals surface area (Å²) in [5.41, 5.74) is 3.43. The minimum absolute atomic E-state index is 0.219. The van der Waals surface area contributed by atoms with Crippen LogP contribution in [-0.2, 0) is 26.1 Å². The van der Waals surface area contributed by atoms with Crippen molar-refractivity contribution in [3.05, 3.63) is 119 Å². The lowest BCUT2D eigenvalue weighted by molar-refractivity contribution is 0.0941. The largest absolute Gasteiger partial charge is 0.497 e. The molecule has 0 spiro atoms. The van der Waals surface area contributed by atoms with Crippen LogP contribution >= 0.6 is 0 Å². The van der Waals surface area contributed by atoms with Crippen LogP contribution in [0.15, 0.2) is 89.5 Å². The van der Waals surface area contributed by atoms with Gasteiger partial charge in [-0.15, -0.1) is 0 Å². The van der Waals surface area contributed by atoms with Crippen LogP contribution in [0.25, 0.3) is 0 Å².